The summed E-state index contributed by atoms with van der Waals surface area (Å²) in [6, 6.07) is 14.4. The second kappa shape index (κ2) is 8.75. The summed E-state index contributed by atoms with van der Waals surface area (Å²) >= 11 is 0. The molecule has 0 aromatic heterocycles. The molecule has 1 aliphatic rings. The standard InChI is InChI=1S/C21H26N2O4S/c1-3-15-28(25,26)23-14-6-9-20(23)21(24)22-19-8-5-4-7-18(19)16-10-12-17(27-2)13-11-16/h4-5,7-8,10-13,20H,3,6,9,14-15H2,1-2H3,(H,22,24)/t20-/m0/s1. The smallest absolute Gasteiger partial charge is 0.242 e. The average Bonchev–Trinajstić information content (AvgIpc) is 3.20. The van der Waals surface area contributed by atoms with Crippen LogP contribution in [0.3, 0.4) is 0 Å². The molecule has 1 aliphatic heterocycles. The fourth-order valence-corrected chi connectivity index (χ4v) is 5.29. The second-order valence-electron chi connectivity index (χ2n) is 6.85. The monoisotopic (exact) mass is 402 g/mol. The molecule has 6 nitrogen and oxygen atoms in total. The molecule has 150 valence electrons. The lowest BCUT2D eigenvalue weighted by Crippen LogP contribution is -2.44. The van der Waals surface area contributed by atoms with Crippen molar-refractivity contribution in [3.63, 3.8) is 0 Å². The number of rotatable bonds is 7. The maximum absolute atomic E-state index is 12.9. The summed E-state index contributed by atoms with van der Waals surface area (Å²) in [4.78, 5) is 12.9. The first-order valence-corrected chi connectivity index (χ1v) is 11.1. The van der Waals surface area contributed by atoms with Crippen molar-refractivity contribution in [2.45, 2.75) is 32.2 Å². The van der Waals surface area contributed by atoms with Crippen LogP contribution in [0.15, 0.2) is 48.5 Å². The molecule has 1 atom stereocenters. The Morgan fingerprint density at radius 3 is 2.57 bits per heavy atom. The first-order valence-electron chi connectivity index (χ1n) is 9.50. The lowest BCUT2D eigenvalue weighted by atomic mass is 10.0. The van der Waals surface area contributed by atoms with Crippen molar-refractivity contribution < 1.29 is 17.9 Å². The van der Waals surface area contributed by atoms with Gasteiger partial charge in [-0.05, 0) is 43.0 Å². The molecule has 1 saturated heterocycles. The Labute approximate surface area is 166 Å². The minimum Gasteiger partial charge on any atom is -0.497 e. The number of sulfonamides is 1. The quantitative estimate of drug-likeness (QED) is 0.769. The number of nitrogens with one attached hydrogen (secondary N) is 1. The van der Waals surface area contributed by atoms with Crippen LogP contribution >= 0.6 is 0 Å². The SMILES string of the molecule is CCCS(=O)(=O)N1CCC[C@H]1C(=O)Nc1ccccc1-c1ccc(OC)cc1. The number of hydrogen-bond acceptors (Lipinski definition) is 4. The normalized spacial score (nSPS) is 17.4. The van der Waals surface area contributed by atoms with Gasteiger partial charge >= 0.3 is 0 Å². The van der Waals surface area contributed by atoms with Gasteiger partial charge in [-0.3, -0.25) is 4.79 Å². The van der Waals surface area contributed by atoms with E-state index < -0.39 is 16.1 Å². The summed E-state index contributed by atoms with van der Waals surface area (Å²) in [5, 5.41) is 2.95. The number of para-hydroxylation sites is 1. The van der Waals surface area contributed by atoms with E-state index in [2.05, 4.69) is 5.32 Å². The Kier molecular flexibility index (Phi) is 6.36. The molecule has 1 fully saturated rings. The molecular weight excluding hydrogens is 376 g/mol. The van der Waals surface area contributed by atoms with Gasteiger partial charge in [0.1, 0.15) is 11.8 Å². The van der Waals surface area contributed by atoms with Crippen molar-refractivity contribution in [3.05, 3.63) is 48.5 Å². The van der Waals surface area contributed by atoms with Crippen LogP contribution in [0, 0.1) is 0 Å². The van der Waals surface area contributed by atoms with Gasteiger partial charge in [-0.1, -0.05) is 37.3 Å². The van der Waals surface area contributed by atoms with Gasteiger partial charge in [0.2, 0.25) is 15.9 Å². The van der Waals surface area contributed by atoms with Crippen molar-refractivity contribution in [1.82, 2.24) is 4.31 Å². The van der Waals surface area contributed by atoms with Crippen LogP contribution in [0.4, 0.5) is 5.69 Å². The molecule has 1 amide bonds. The van der Waals surface area contributed by atoms with Crippen molar-refractivity contribution in [2.75, 3.05) is 24.7 Å². The fraction of sp³-hybridized carbons (Fsp3) is 0.381. The highest BCUT2D eigenvalue weighted by Gasteiger charge is 2.38. The van der Waals surface area contributed by atoms with Gasteiger partial charge in [0.05, 0.1) is 12.9 Å². The average molecular weight is 403 g/mol. The zero-order valence-electron chi connectivity index (χ0n) is 16.2. The van der Waals surface area contributed by atoms with E-state index in [1.807, 2.05) is 55.5 Å². The molecule has 0 saturated carbocycles. The number of nitrogens with zero attached hydrogens (tertiary/aromatic N) is 1. The molecule has 2 aromatic rings. The topological polar surface area (TPSA) is 75.7 Å². The Morgan fingerprint density at radius 1 is 1.18 bits per heavy atom. The molecule has 1 N–H and O–H groups in total. The summed E-state index contributed by atoms with van der Waals surface area (Å²) in [6.45, 7) is 2.23. The predicted octanol–water partition coefficient (Wildman–Crippen LogP) is 3.50. The third-order valence-electron chi connectivity index (χ3n) is 4.91. The third kappa shape index (κ3) is 4.36. The van der Waals surface area contributed by atoms with Crippen molar-refractivity contribution in [3.8, 4) is 16.9 Å². The summed E-state index contributed by atoms with van der Waals surface area (Å²) in [6.07, 6.45) is 1.77. The summed E-state index contributed by atoms with van der Waals surface area (Å²) in [7, 11) is -1.79. The van der Waals surface area contributed by atoms with E-state index in [4.69, 9.17) is 4.74 Å². The predicted molar refractivity (Wildman–Crippen MR) is 111 cm³/mol. The van der Waals surface area contributed by atoms with Crippen LogP contribution in [0.5, 0.6) is 5.75 Å². The summed E-state index contributed by atoms with van der Waals surface area (Å²) < 4.78 is 31.5. The number of carbonyl (C=O) groups excluding carboxylic acids is 1. The summed E-state index contributed by atoms with van der Waals surface area (Å²) in [5.41, 5.74) is 2.48. The first-order chi connectivity index (χ1) is 13.5. The zero-order chi connectivity index (χ0) is 20.1. The minimum absolute atomic E-state index is 0.0687. The van der Waals surface area contributed by atoms with Crippen molar-refractivity contribution in [2.24, 2.45) is 0 Å². The van der Waals surface area contributed by atoms with E-state index in [0.29, 0.717) is 31.5 Å². The van der Waals surface area contributed by atoms with Gasteiger partial charge < -0.3 is 10.1 Å². The molecular formula is C21H26N2O4S. The zero-order valence-corrected chi connectivity index (χ0v) is 17.0. The Bertz CT molecular complexity index is 926. The number of amides is 1. The number of carbonyl (C=O) groups is 1. The van der Waals surface area contributed by atoms with E-state index in [0.717, 1.165) is 16.9 Å². The van der Waals surface area contributed by atoms with E-state index >= 15 is 0 Å². The molecule has 0 aliphatic carbocycles. The second-order valence-corrected chi connectivity index (χ2v) is 8.89. The van der Waals surface area contributed by atoms with Crippen LogP contribution in [0.1, 0.15) is 26.2 Å². The van der Waals surface area contributed by atoms with Gasteiger partial charge in [-0.25, -0.2) is 8.42 Å². The van der Waals surface area contributed by atoms with Gasteiger partial charge in [0.15, 0.2) is 0 Å². The van der Waals surface area contributed by atoms with Gasteiger partial charge in [-0.2, -0.15) is 4.31 Å². The molecule has 0 unspecified atom stereocenters. The minimum atomic E-state index is -3.41. The van der Waals surface area contributed by atoms with E-state index in [9.17, 15) is 13.2 Å². The number of methoxy groups -OCH3 is 1. The van der Waals surface area contributed by atoms with Crippen LogP contribution in [-0.4, -0.2) is 44.1 Å². The van der Waals surface area contributed by atoms with Crippen LogP contribution in [0.25, 0.3) is 11.1 Å². The van der Waals surface area contributed by atoms with Crippen molar-refractivity contribution in [1.29, 1.82) is 0 Å². The molecule has 1 heterocycles. The van der Waals surface area contributed by atoms with E-state index in [1.54, 1.807) is 7.11 Å². The molecule has 0 bridgehead atoms. The molecule has 7 heteroatoms. The number of hydrogen-bond donors (Lipinski definition) is 1. The highest BCUT2D eigenvalue weighted by molar-refractivity contribution is 7.89. The highest BCUT2D eigenvalue weighted by Crippen LogP contribution is 2.30. The van der Waals surface area contributed by atoms with Gasteiger partial charge in [0.25, 0.3) is 0 Å². The fourth-order valence-electron chi connectivity index (χ4n) is 3.54. The maximum atomic E-state index is 12.9. The highest BCUT2D eigenvalue weighted by atomic mass is 32.2. The van der Waals surface area contributed by atoms with Crippen LogP contribution in [0.2, 0.25) is 0 Å². The molecule has 0 radical (unpaired) electrons. The lowest BCUT2D eigenvalue weighted by Gasteiger charge is -2.23. The third-order valence-corrected chi connectivity index (χ3v) is 6.99. The van der Waals surface area contributed by atoms with Crippen LogP contribution in [-0.2, 0) is 14.8 Å². The molecule has 0 spiro atoms. The maximum Gasteiger partial charge on any atom is 0.242 e. The van der Waals surface area contributed by atoms with Gasteiger partial charge in [-0.15, -0.1) is 0 Å². The molecule has 3 rings (SSSR count). The Morgan fingerprint density at radius 2 is 1.89 bits per heavy atom. The number of anilines is 1. The Balaban J connectivity index is 1.83. The Hall–Kier alpha value is -2.38. The van der Waals surface area contributed by atoms with E-state index in [1.165, 1.54) is 4.31 Å². The van der Waals surface area contributed by atoms with E-state index in [-0.39, 0.29) is 11.7 Å². The first kappa shape index (κ1) is 20.4. The molecule has 2 aromatic carbocycles. The van der Waals surface area contributed by atoms with Crippen LogP contribution < -0.4 is 10.1 Å². The molecule has 28 heavy (non-hydrogen) atoms. The number of benzene rings is 2. The number of ether oxygens (including phenoxy) is 1. The largest absolute Gasteiger partial charge is 0.497 e. The summed E-state index contributed by atoms with van der Waals surface area (Å²) in [5.74, 6) is 0.547. The van der Waals surface area contributed by atoms with Crippen molar-refractivity contribution >= 4 is 21.6 Å². The lowest BCUT2D eigenvalue weighted by molar-refractivity contribution is -0.119. The van der Waals surface area contributed by atoms with Gasteiger partial charge in [0, 0.05) is 17.8 Å².